The molecule has 150 valence electrons. The van der Waals surface area contributed by atoms with Crippen molar-refractivity contribution in [2.24, 2.45) is 5.92 Å². The van der Waals surface area contributed by atoms with Crippen LogP contribution in [0.4, 0.5) is 10.5 Å². The fraction of sp³-hybridized carbons (Fsp3) is 0.667. The highest BCUT2D eigenvalue weighted by Crippen LogP contribution is 2.38. The molecule has 2 amide bonds. The normalized spacial score (nSPS) is 16.9. The summed E-state index contributed by atoms with van der Waals surface area (Å²) in [6, 6.07) is 1.67. The van der Waals surface area contributed by atoms with E-state index in [2.05, 4.69) is 30.0 Å². The summed E-state index contributed by atoms with van der Waals surface area (Å²) < 4.78 is 27.3. The fourth-order valence-electron chi connectivity index (χ4n) is 4.30. The van der Waals surface area contributed by atoms with E-state index in [0.29, 0.717) is 12.3 Å². The maximum atomic E-state index is 12.5. The fourth-order valence-corrected chi connectivity index (χ4v) is 5.29. The summed E-state index contributed by atoms with van der Waals surface area (Å²) >= 11 is 0. The molecule has 1 aromatic carbocycles. The van der Waals surface area contributed by atoms with Crippen molar-refractivity contribution in [1.29, 1.82) is 0 Å². The third-order valence-electron chi connectivity index (χ3n) is 5.87. The minimum atomic E-state index is -3.67. The zero-order chi connectivity index (χ0) is 19.6. The topological polar surface area (TPSA) is 75.3 Å². The molecule has 0 aromatic heterocycles. The zero-order valence-electron chi connectivity index (χ0n) is 16.7. The summed E-state index contributed by atoms with van der Waals surface area (Å²) in [4.78, 5) is 12.5. The molecule has 2 N–H and O–H groups in total. The van der Waals surface area contributed by atoms with Gasteiger partial charge >= 0.3 is 6.03 Å². The highest BCUT2D eigenvalue weighted by Gasteiger charge is 2.27. The zero-order valence-corrected chi connectivity index (χ0v) is 17.5. The number of hydrogen-bond donors (Lipinski definition) is 2. The molecular weight excluding hydrogens is 360 g/mol. The van der Waals surface area contributed by atoms with Gasteiger partial charge in [-0.05, 0) is 80.0 Å². The number of hydrogen-bond acceptors (Lipinski definition) is 3. The second-order valence-corrected chi connectivity index (χ2v) is 10.6. The molecule has 0 bridgehead atoms. The van der Waals surface area contributed by atoms with Crippen LogP contribution in [0, 0.1) is 5.92 Å². The van der Waals surface area contributed by atoms with E-state index in [9.17, 15) is 13.2 Å². The van der Waals surface area contributed by atoms with Crippen molar-refractivity contribution in [3.63, 3.8) is 0 Å². The van der Waals surface area contributed by atoms with Gasteiger partial charge in [0.1, 0.15) is 0 Å². The lowest BCUT2D eigenvalue weighted by atomic mass is 9.99. The Hall–Kier alpha value is -1.56. The monoisotopic (exact) mass is 392 g/mol. The van der Waals surface area contributed by atoms with Gasteiger partial charge in [0.2, 0.25) is 10.0 Å². The first-order valence-electron chi connectivity index (χ1n) is 10.3. The van der Waals surface area contributed by atoms with Crippen LogP contribution in [0.2, 0.25) is 0 Å². The lowest BCUT2D eigenvalue weighted by molar-refractivity contribution is 0.256. The van der Waals surface area contributed by atoms with Crippen LogP contribution in [-0.2, 0) is 35.7 Å². The first-order valence-corrected chi connectivity index (χ1v) is 11.8. The van der Waals surface area contributed by atoms with Gasteiger partial charge in [-0.15, -0.1) is 0 Å². The van der Waals surface area contributed by atoms with Crippen molar-refractivity contribution in [1.82, 2.24) is 4.72 Å². The minimum Gasteiger partial charge on any atom is -0.307 e. The number of anilines is 1. The maximum Gasteiger partial charge on any atom is 0.332 e. The van der Waals surface area contributed by atoms with Gasteiger partial charge < -0.3 is 5.32 Å². The molecule has 0 saturated heterocycles. The van der Waals surface area contributed by atoms with Crippen LogP contribution in [0.15, 0.2) is 6.07 Å². The van der Waals surface area contributed by atoms with E-state index in [1.54, 1.807) is 6.92 Å². The number of rotatable bonds is 7. The van der Waals surface area contributed by atoms with Gasteiger partial charge in [0.05, 0.1) is 5.25 Å². The Morgan fingerprint density at radius 3 is 2.15 bits per heavy atom. The van der Waals surface area contributed by atoms with Crippen molar-refractivity contribution in [3.8, 4) is 0 Å². The van der Waals surface area contributed by atoms with Gasteiger partial charge in [-0.25, -0.2) is 17.9 Å². The van der Waals surface area contributed by atoms with E-state index >= 15 is 0 Å². The Morgan fingerprint density at radius 1 is 1.00 bits per heavy atom. The average Bonchev–Trinajstić information content (AvgIpc) is 3.22. The van der Waals surface area contributed by atoms with Crippen molar-refractivity contribution in [2.75, 3.05) is 5.32 Å². The molecule has 1 unspecified atom stereocenters. The van der Waals surface area contributed by atoms with E-state index < -0.39 is 21.3 Å². The number of carbonyl (C=O) groups is 1. The summed E-state index contributed by atoms with van der Waals surface area (Å²) in [7, 11) is -3.67. The van der Waals surface area contributed by atoms with Crippen LogP contribution in [0.25, 0.3) is 0 Å². The van der Waals surface area contributed by atoms with Crippen molar-refractivity contribution < 1.29 is 13.2 Å². The van der Waals surface area contributed by atoms with E-state index in [-0.39, 0.29) is 0 Å². The molecule has 5 nitrogen and oxygen atoms in total. The highest BCUT2D eigenvalue weighted by molar-refractivity contribution is 7.90. The standard InChI is InChI=1S/C21H32N2O3S/c1-14(2)7-4-8-15(3)27(25,26)23-21(24)22-20-18-11-5-9-16(18)13-17-10-6-12-19(17)20/h13-15H,4-12H2,1-3H3,(H2,22,23,24). The maximum absolute atomic E-state index is 12.5. The predicted octanol–water partition coefficient (Wildman–Crippen LogP) is 4.33. The third-order valence-corrected chi connectivity index (χ3v) is 7.63. The van der Waals surface area contributed by atoms with Gasteiger partial charge in [-0.2, -0.15) is 0 Å². The molecule has 0 radical (unpaired) electrons. The van der Waals surface area contributed by atoms with Crippen molar-refractivity contribution >= 4 is 21.7 Å². The molecule has 6 heteroatoms. The van der Waals surface area contributed by atoms with Crippen LogP contribution >= 0.6 is 0 Å². The summed E-state index contributed by atoms with van der Waals surface area (Å²) in [5.41, 5.74) is 5.91. The highest BCUT2D eigenvalue weighted by atomic mass is 32.2. The predicted molar refractivity (Wildman–Crippen MR) is 110 cm³/mol. The Kier molecular flexibility index (Phi) is 6.14. The smallest absolute Gasteiger partial charge is 0.307 e. The van der Waals surface area contributed by atoms with Gasteiger partial charge in [0.15, 0.2) is 0 Å². The van der Waals surface area contributed by atoms with E-state index in [1.807, 2.05) is 0 Å². The molecule has 1 atom stereocenters. The Bertz CT molecular complexity index is 783. The van der Waals surface area contributed by atoms with Crippen molar-refractivity contribution in [3.05, 3.63) is 28.3 Å². The van der Waals surface area contributed by atoms with E-state index in [1.165, 1.54) is 22.3 Å². The van der Waals surface area contributed by atoms with E-state index in [0.717, 1.165) is 57.1 Å². The molecule has 0 aliphatic heterocycles. The quantitative estimate of drug-likeness (QED) is 0.725. The van der Waals surface area contributed by atoms with Gasteiger partial charge in [-0.1, -0.05) is 32.8 Å². The van der Waals surface area contributed by atoms with Crippen molar-refractivity contribution in [2.45, 2.75) is 83.8 Å². The second kappa shape index (κ2) is 8.21. The summed E-state index contributed by atoms with van der Waals surface area (Å²) in [5, 5.41) is 2.32. The van der Waals surface area contributed by atoms with Crippen LogP contribution in [0.1, 0.15) is 75.1 Å². The molecule has 2 aliphatic rings. The molecule has 3 rings (SSSR count). The Morgan fingerprint density at radius 2 is 1.59 bits per heavy atom. The first kappa shape index (κ1) is 20.2. The molecule has 0 heterocycles. The van der Waals surface area contributed by atoms with Gasteiger partial charge in [0, 0.05) is 5.69 Å². The number of sulfonamides is 1. The number of urea groups is 1. The number of benzene rings is 1. The Balaban J connectivity index is 1.68. The van der Waals surface area contributed by atoms with E-state index in [4.69, 9.17) is 0 Å². The summed E-state index contributed by atoms with van der Waals surface area (Å²) in [5.74, 6) is 0.554. The molecule has 0 spiro atoms. The molecule has 27 heavy (non-hydrogen) atoms. The number of amides is 2. The van der Waals surface area contributed by atoms with Crippen LogP contribution in [-0.4, -0.2) is 19.7 Å². The molecule has 0 fully saturated rings. The number of aryl methyl sites for hydroxylation is 2. The average molecular weight is 393 g/mol. The Labute approximate surface area is 163 Å². The lowest BCUT2D eigenvalue weighted by Crippen LogP contribution is -2.40. The minimum absolute atomic E-state index is 0.554. The first-order chi connectivity index (χ1) is 12.8. The number of carbonyl (C=O) groups excluding carboxylic acids is 1. The molecular formula is C21H32N2O3S. The van der Waals surface area contributed by atoms with Gasteiger partial charge in [-0.3, -0.25) is 0 Å². The van der Waals surface area contributed by atoms with Crippen LogP contribution in [0.5, 0.6) is 0 Å². The van der Waals surface area contributed by atoms with Crippen LogP contribution < -0.4 is 10.0 Å². The number of nitrogens with one attached hydrogen (secondary N) is 2. The molecule has 0 saturated carbocycles. The van der Waals surface area contributed by atoms with Crippen LogP contribution in [0.3, 0.4) is 0 Å². The third kappa shape index (κ3) is 4.65. The number of fused-ring (bicyclic) bond motifs is 2. The summed E-state index contributed by atoms with van der Waals surface area (Å²) in [6.45, 7) is 5.93. The second-order valence-electron chi connectivity index (χ2n) is 8.47. The van der Waals surface area contributed by atoms with Gasteiger partial charge in [0.25, 0.3) is 0 Å². The molecule has 1 aromatic rings. The largest absolute Gasteiger partial charge is 0.332 e. The lowest BCUT2D eigenvalue weighted by Gasteiger charge is -2.18. The SMILES string of the molecule is CC(C)CCCC(C)S(=O)(=O)NC(=O)Nc1c2c(cc3c1CCC3)CCC2. The molecule has 2 aliphatic carbocycles. The summed E-state index contributed by atoms with van der Waals surface area (Å²) in [6.07, 6.45) is 8.60.